The smallest absolute Gasteiger partial charge is 0.0260 e. The Morgan fingerprint density at radius 2 is 2.38 bits per heavy atom. The number of nitrogens with one attached hydrogen (secondary N) is 1. The summed E-state index contributed by atoms with van der Waals surface area (Å²) in [5, 5.41) is 4.16. The van der Waals surface area contributed by atoms with Crippen LogP contribution in [-0.4, -0.2) is 17.8 Å². The Labute approximate surface area is 102 Å². The summed E-state index contributed by atoms with van der Waals surface area (Å²) in [5.74, 6) is 2.69. The summed E-state index contributed by atoms with van der Waals surface area (Å²) in [7, 11) is 0. The summed E-state index contributed by atoms with van der Waals surface area (Å²) in [4.78, 5) is 1.44. The minimum Gasteiger partial charge on any atom is -0.312 e. The van der Waals surface area contributed by atoms with Crippen LogP contribution in [0.25, 0.3) is 0 Å². The van der Waals surface area contributed by atoms with Gasteiger partial charge in [0, 0.05) is 29.2 Å². The average Bonchev–Trinajstić information content (AvgIpc) is 2.69. The summed E-state index contributed by atoms with van der Waals surface area (Å²) in [6.07, 6.45) is 7.27. The summed E-state index contributed by atoms with van der Waals surface area (Å²) in [5.41, 5.74) is 1.49. The molecule has 2 atom stereocenters. The molecular weight excluding hydrogens is 214 g/mol. The second-order valence-corrected chi connectivity index (χ2v) is 5.61. The van der Waals surface area contributed by atoms with Gasteiger partial charge in [0.25, 0.3) is 0 Å². The van der Waals surface area contributed by atoms with Crippen LogP contribution in [0.4, 0.5) is 0 Å². The zero-order valence-electron chi connectivity index (χ0n) is 9.57. The molecule has 2 unspecified atom stereocenters. The van der Waals surface area contributed by atoms with Crippen LogP contribution in [0.3, 0.4) is 0 Å². The second-order valence-electron chi connectivity index (χ2n) is 4.27. The van der Waals surface area contributed by atoms with Gasteiger partial charge in [0.05, 0.1) is 0 Å². The number of hydrogen-bond donors (Lipinski definition) is 1. The van der Waals surface area contributed by atoms with Gasteiger partial charge in [0.15, 0.2) is 0 Å². The Morgan fingerprint density at radius 3 is 3.12 bits per heavy atom. The molecule has 1 nitrogen and oxygen atoms in total. The Bertz CT molecular complexity index is 369. The standard InChI is InChI=1S/C14H17NS/c1-3-6-11(2)15-10-13-9-12-7-4-5-8-14(12)16-13/h1,4-5,7-8,11,13,15H,6,9-10H2,2H3. The third-order valence-electron chi connectivity index (χ3n) is 2.83. The number of rotatable bonds is 4. The topological polar surface area (TPSA) is 12.0 Å². The van der Waals surface area contributed by atoms with E-state index in [9.17, 15) is 0 Å². The lowest BCUT2D eigenvalue weighted by Gasteiger charge is -2.14. The summed E-state index contributed by atoms with van der Waals surface area (Å²) in [6, 6.07) is 9.10. The van der Waals surface area contributed by atoms with E-state index in [0.717, 1.165) is 13.0 Å². The second kappa shape index (κ2) is 5.43. The first-order valence-electron chi connectivity index (χ1n) is 5.71. The van der Waals surface area contributed by atoms with E-state index >= 15 is 0 Å². The predicted octanol–water partition coefficient (Wildman–Crippen LogP) is 2.70. The molecule has 0 bridgehead atoms. The van der Waals surface area contributed by atoms with E-state index in [2.05, 4.69) is 42.4 Å². The molecule has 84 valence electrons. The van der Waals surface area contributed by atoms with Crippen LogP contribution in [0.5, 0.6) is 0 Å². The van der Waals surface area contributed by atoms with Gasteiger partial charge in [-0.15, -0.1) is 24.1 Å². The molecule has 1 N–H and O–H groups in total. The van der Waals surface area contributed by atoms with Crippen molar-refractivity contribution in [2.45, 2.75) is 36.0 Å². The number of fused-ring (bicyclic) bond motifs is 1. The van der Waals surface area contributed by atoms with E-state index in [1.54, 1.807) is 0 Å². The van der Waals surface area contributed by atoms with Gasteiger partial charge >= 0.3 is 0 Å². The summed E-state index contributed by atoms with van der Waals surface area (Å²) >= 11 is 1.98. The molecule has 2 heteroatoms. The third-order valence-corrected chi connectivity index (χ3v) is 4.15. The van der Waals surface area contributed by atoms with Crippen LogP contribution >= 0.6 is 11.8 Å². The minimum atomic E-state index is 0.425. The maximum Gasteiger partial charge on any atom is 0.0260 e. The van der Waals surface area contributed by atoms with Crippen molar-refractivity contribution in [1.82, 2.24) is 5.32 Å². The van der Waals surface area contributed by atoms with Crippen molar-refractivity contribution < 1.29 is 0 Å². The molecule has 2 rings (SSSR count). The Balaban J connectivity index is 1.82. The van der Waals surface area contributed by atoms with Gasteiger partial charge in [-0.1, -0.05) is 18.2 Å². The van der Waals surface area contributed by atoms with Gasteiger partial charge in [-0.2, -0.15) is 0 Å². The molecule has 0 aromatic heterocycles. The highest BCUT2D eigenvalue weighted by Gasteiger charge is 2.21. The van der Waals surface area contributed by atoms with Crippen molar-refractivity contribution in [1.29, 1.82) is 0 Å². The zero-order chi connectivity index (χ0) is 11.4. The summed E-state index contributed by atoms with van der Waals surface area (Å²) in [6.45, 7) is 3.19. The van der Waals surface area contributed by atoms with Crippen molar-refractivity contribution >= 4 is 11.8 Å². The van der Waals surface area contributed by atoms with Crippen LogP contribution in [0.15, 0.2) is 29.2 Å². The van der Waals surface area contributed by atoms with Gasteiger partial charge in [-0.05, 0) is 25.0 Å². The number of hydrogen-bond acceptors (Lipinski definition) is 2. The number of thioether (sulfide) groups is 1. The van der Waals surface area contributed by atoms with Crippen molar-refractivity contribution in [2.24, 2.45) is 0 Å². The fourth-order valence-corrected chi connectivity index (χ4v) is 3.21. The summed E-state index contributed by atoms with van der Waals surface area (Å²) < 4.78 is 0. The van der Waals surface area contributed by atoms with Gasteiger partial charge < -0.3 is 5.32 Å². The van der Waals surface area contributed by atoms with E-state index in [-0.39, 0.29) is 0 Å². The van der Waals surface area contributed by atoms with Crippen LogP contribution in [0.2, 0.25) is 0 Å². The van der Waals surface area contributed by atoms with Gasteiger partial charge in [0.1, 0.15) is 0 Å². The SMILES string of the molecule is C#CCC(C)NCC1Cc2ccccc2S1. The lowest BCUT2D eigenvalue weighted by atomic mass is 10.1. The molecular formula is C14H17NS. The van der Waals surface area contributed by atoms with E-state index in [4.69, 9.17) is 6.42 Å². The van der Waals surface area contributed by atoms with E-state index in [0.29, 0.717) is 11.3 Å². The molecule has 0 aliphatic carbocycles. The quantitative estimate of drug-likeness (QED) is 0.800. The largest absolute Gasteiger partial charge is 0.312 e. The molecule has 1 aliphatic heterocycles. The molecule has 1 aliphatic rings. The highest BCUT2D eigenvalue weighted by atomic mass is 32.2. The fourth-order valence-electron chi connectivity index (χ4n) is 1.95. The zero-order valence-corrected chi connectivity index (χ0v) is 10.4. The first-order chi connectivity index (χ1) is 7.79. The molecule has 0 fully saturated rings. The van der Waals surface area contributed by atoms with E-state index in [1.807, 2.05) is 11.8 Å². The van der Waals surface area contributed by atoms with Gasteiger partial charge in [-0.25, -0.2) is 0 Å². The van der Waals surface area contributed by atoms with Crippen molar-refractivity contribution in [2.75, 3.05) is 6.54 Å². The van der Waals surface area contributed by atoms with Crippen molar-refractivity contribution in [3.8, 4) is 12.3 Å². The lowest BCUT2D eigenvalue weighted by Crippen LogP contribution is -2.32. The Morgan fingerprint density at radius 1 is 1.56 bits per heavy atom. The van der Waals surface area contributed by atoms with E-state index < -0.39 is 0 Å². The van der Waals surface area contributed by atoms with Gasteiger partial charge in [0.2, 0.25) is 0 Å². The number of benzene rings is 1. The molecule has 0 spiro atoms. The van der Waals surface area contributed by atoms with Crippen LogP contribution in [-0.2, 0) is 6.42 Å². The molecule has 0 radical (unpaired) electrons. The molecule has 0 amide bonds. The maximum absolute atomic E-state index is 5.29. The average molecular weight is 231 g/mol. The molecule has 16 heavy (non-hydrogen) atoms. The van der Waals surface area contributed by atoms with Crippen molar-refractivity contribution in [3.05, 3.63) is 29.8 Å². The predicted molar refractivity (Wildman–Crippen MR) is 70.7 cm³/mol. The van der Waals surface area contributed by atoms with Crippen LogP contribution in [0.1, 0.15) is 18.9 Å². The maximum atomic E-state index is 5.29. The van der Waals surface area contributed by atoms with Gasteiger partial charge in [-0.3, -0.25) is 0 Å². The highest BCUT2D eigenvalue weighted by Crippen LogP contribution is 2.36. The highest BCUT2D eigenvalue weighted by molar-refractivity contribution is 8.00. The normalized spacial score (nSPS) is 20.1. The first kappa shape index (κ1) is 11.6. The van der Waals surface area contributed by atoms with E-state index in [1.165, 1.54) is 16.9 Å². The molecule has 1 aromatic carbocycles. The van der Waals surface area contributed by atoms with Crippen LogP contribution in [0, 0.1) is 12.3 Å². The number of terminal acetylenes is 1. The molecule has 0 saturated heterocycles. The monoisotopic (exact) mass is 231 g/mol. The third kappa shape index (κ3) is 2.81. The molecule has 1 aromatic rings. The Kier molecular flexibility index (Phi) is 3.93. The minimum absolute atomic E-state index is 0.425. The lowest BCUT2D eigenvalue weighted by molar-refractivity contribution is 0.554. The Hall–Kier alpha value is -0.910. The molecule has 0 saturated carbocycles. The molecule has 1 heterocycles. The first-order valence-corrected chi connectivity index (χ1v) is 6.59. The fraction of sp³-hybridized carbons (Fsp3) is 0.429. The van der Waals surface area contributed by atoms with Crippen molar-refractivity contribution in [3.63, 3.8) is 0 Å². The van der Waals surface area contributed by atoms with Crippen LogP contribution < -0.4 is 5.32 Å².